The fourth-order valence-corrected chi connectivity index (χ4v) is 4.21. The quantitative estimate of drug-likeness (QED) is 0.659. The lowest BCUT2D eigenvalue weighted by Crippen LogP contribution is -2.48. The van der Waals surface area contributed by atoms with Crippen molar-refractivity contribution in [3.05, 3.63) is 59.8 Å². The molecule has 2 aliphatic heterocycles. The number of hydrogen-bond acceptors (Lipinski definition) is 7. The topological polar surface area (TPSA) is 82.5 Å². The minimum atomic E-state index is -0.360. The van der Waals surface area contributed by atoms with Crippen LogP contribution in [0, 0.1) is 0 Å². The second-order valence-electron chi connectivity index (χ2n) is 7.63. The Morgan fingerprint density at radius 2 is 1.56 bits per heavy atom. The van der Waals surface area contributed by atoms with Crippen molar-refractivity contribution < 1.29 is 24.2 Å². The van der Waals surface area contributed by atoms with Crippen molar-refractivity contribution in [2.45, 2.75) is 0 Å². The van der Waals surface area contributed by atoms with Gasteiger partial charge in [-0.15, -0.1) is 0 Å². The number of hydrogen-bond donors (Lipinski definition) is 1. The molecule has 1 saturated heterocycles. The maximum atomic E-state index is 13.6. The number of carbonyl (C=O) groups excluding carboxylic acids is 2. The molecule has 8 nitrogen and oxygen atoms in total. The van der Waals surface area contributed by atoms with Crippen LogP contribution < -0.4 is 14.4 Å². The molecule has 0 saturated carbocycles. The molecule has 0 atom stereocenters. The van der Waals surface area contributed by atoms with Crippen molar-refractivity contribution in [2.24, 2.45) is 0 Å². The molecule has 0 bridgehead atoms. The molecule has 1 fully saturated rings. The van der Waals surface area contributed by atoms with E-state index in [0.29, 0.717) is 66.7 Å². The number of piperazine rings is 1. The molecule has 0 aliphatic carbocycles. The molecule has 8 heteroatoms. The van der Waals surface area contributed by atoms with E-state index < -0.39 is 0 Å². The van der Waals surface area contributed by atoms with Gasteiger partial charge in [-0.2, -0.15) is 0 Å². The summed E-state index contributed by atoms with van der Waals surface area (Å²) in [7, 11) is 3.09. The van der Waals surface area contributed by atoms with E-state index in [4.69, 9.17) is 9.47 Å². The molecule has 0 radical (unpaired) electrons. The van der Waals surface area contributed by atoms with Crippen LogP contribution in [0.1, 0.15) is 5.56 Å². The Balaban J connectivity index is 1.77. The third kappa shape index (κ3) is 3.94. The molecule has 0 unspecified atom stereocenters. The molecule has 4 rings (SSSR count). The molecule has 2 aromatic carbocycles. The number of rotatable bonds is 7. The zero-order valence-electron chi connectivity index (χ0n) is 18.3. The summed E-state index contributed by atoms with van der Waals surface area (Å²) >= 11 is 0. The highest BCUT2D eigenvalue weighted by Crippen LogP contribution is 2.38. The Morgan fingerprint density at radius 3 is 2.19 bits per heavy atom. The average molecular weight is 437 g/mol. The maximum absolute atomic E-state index is 13.6. The van der Waals surface area contributed by atoms with Gasteiger partial charge in [-0.25, -0.2) is 4.90 Å². The maximum Gasteiger partial charge on any atom is 0.282 e. The van der Waals surface area contributed by atoms with Gasteiger partial charge in [0, 0.05) is 32.7 Å². The van der Waals surface area contributed by atoms with Crippen LogP contribution in [0.25, 0.3) is 5.57 Å². The van der Waals surface area contributed by atoms with Crippen LogP contribution in [0.3, 0.4) is 0 Å². The number of benzene rings is 2. The number of anilines is 1. The summed E-state index contributed by atoms with van der Waals surface area (Å²) in [6.07, 6.45) is 0. The van der Waals surface area contributed by atoms with E-state index in [-0.39, 0.29) is 18.4 Å². The van der Waals surface area contributed by atoms with Gasteiger partial charge in [-0.05, 0) is 29.8 Å². The molecular weight excluding hydrogens is 410 g/mol. The first-order valence-corrected chi connectivity index (χ1v) is 10.6. The van der Waals surface area contributed by atoms with E-state index in [9.17, 15) is 14.7 Å². The van der Waals surface area contributed by atoms with Crippen LogP contribution in [0.4, 0.5) is 5.69 Å². The first-order chi connectivity index (χ1) is 15.6. The molecule has 168 valence electrons. The number of carbonyl (C=O) groups is 2. The van der Waals surface area contributed by atoms with E-state index in [1.165, 1.54) is 12.0 Å². The normalized spacial score (nSPS) is 17.3. The third-order valence-electron chi connectivity index (χ3n) is 5.85. The summed E-state index contributed by atoms with van der Waals surface area (Å²) < 4.78 is 10.8. The van der Waals surface area contributed by atoms with Crippen molar-refractivity contribution in [2.75, 3.05) is 58.5 Å². The van der Waals surface area contributed by atoms with E-state index >= 15 is 0 Å². The van der Waals surface area contributed by atoms with Gasteiger partial charge in [0.05, 0.1) is 32.1 Å². The number of aliphatic hydroxyl groups excluding tert-OH is 1. The van der Waals surface area contributed by atoms with E-state index in [0.717, 1.165) is 0 Å². The number of aliphatic hydroxyl groups is 1. The number of amides is 2. The van der Waals surface area contributed by atoms with Crippen LogP contribution in [0.2, 0.25) is 0 Å². The number of para-hydroxylation sites is 1. The summed E-state index contributed by atoms with van der Waals surface area (Å²) in [5.74, 6) is 0.346. The van der Waals surface area contributed by atoms with Crippen molar-refractivity contribution in [3.63, 3.8) is 0 Å². The van der Waals surface area contributed by atoms with Gasteiger partial charge >= 0.3 is 0 Å². The summed E-state index contributed by atoms with van der Waals surface area (Å²) in [5.41, 5.74) is 1.90. The minimum absolute atomic E-state index is 0.0960. The second kappa shape index (κ2) is 9.42. The number of methoxy groups -OCH3 is 2. The molecular formula is C24H27N3O5. The molecule has 2 amide bonds. The van der Waals surface area contributed by atoms with Crippen LogP contribution in [0.15, 0.2) is 54.2 Å². The highest BCUT2D eigenvalue weighted by atomic mass is 16.5. The summed E-state index contributed by atoms with van der Waals surface area (Å²) in [4.78, 5) is 32.5. The van der Waals surface area contributed by atoms with Gasteiger partial charge in [-0.1, -0.05) is 24.3 Å². The Morgan fingerprint density at radius 1 is 0.875 bits per heavy atom. The number of β-amino-alcohol motifs (C(OH)–C–C–N with tert-alkyl or cyclic N) is 1. The molecule has 1 N–H and O–H groups in total. The Bertz CT molecular complexity index is 1030. The molecule has 32 heavy (non-hydrogen) atoms. The van der Waals surface area contributed by atoms with Crippen LogP contribution >= 0.6 is 0 Å². The summed E-state index contributed by atoms with van der Waals surface area (Å²) in [6, 6.07) is 14.2. The fourth-order valence-electron chi connectivity index (χ4n) is 4.21. The SMILES string of the molecule is COc1ccc(C2=C(N3CCN(CCO)CC3)C(=O)N(c3ccccc3)C2=O)cc1OC. The van der Waals surface area contributed by atoms with Crippen molar-refractivity contribution in [1.82, 2.24) is 9.80 Å². The van der Waals surface area contributed by atoms with Gasteiger partial charge in [0.15, 0.2) is 11.5 Å². The smallest absolute Gasteiger partial charge is 0.282 e. The van der Waals surface area contributed by atoms with E-state index in [1.54, 1.807) is 49.6 Å². The second-order valence-corrected chi connectivity index (χ2v) is 7.63. The molecule has 2 heterocycles. The third-order valence-corrected chi connectivity index (χ3v) is 5.85. The Kier molecular flexibility index (Phi) is 6.43. The zero-order valence-corrected chi connectivity index (χ0v) is 18.3. The standard InChI is InChI=1S/C24H27N3O5/c1-31-19-9-8-17(16-20(19)32-2)21-22(26-12-10-25(11-13-26)14-15-28)24(30)27(23(21)29)18-6-4-3-5-7-18/h3-9,16,28H,10-15H2,1-2H3. The van der Waals surface area contributed by atoms with Crippen molar-refractivity contribution in [3.8, 4) is 11.5 Å². The van der Waals surface area contributed by atoms with E-state index in [2.05, 4.69) is 4.90 Å². The van der Waals surface area contributed by atoms with Gasteiger partial charge in [0.25, 0.3) is 11.8 Å². The van der Waals surface area contributed by atoms with Crippen molar-refractivity contribution >= 4 is 23.1 Å². The highest BCUT2D eigenvalue weighted by Gasteiger charge is 2.43. The predicted octanol–water partition coefficient (Wildman–Crippen LogP) is 1.60. The Labute approximate surface area is 187 Å². The van der Waals surface area contributed by atoms with Crippen LogP contribution in [-0.4, -0.2) is 80.3 Å². The predicted molar refractivity (Wildman–Crippen MR) is 120 cm³/mol. The fraction of sp³-hybridized carbons (Fsp3) is 0.333. The van der Waals surface area contributed by atoms with Crippen molar-refractivity contribution in [1.29, 1.82) is 0 Å². The molecule has 0 spiro atoms. The summed E-state index contributed by atoms with van der Waals surface area (Å²) in [6.45, 7) is 3.28. The van der Waals surface area contributed by atoms with Gasteiger partial charge in [-0.3, -0.25) is 14.5 Å². The monoisotopic (exact) mass is 437 g/mol. The first kappa shape index (κ1) is 21.9. The molecule has 2 aliphatic rings. The van der Waals surface area contributed by atoms with Crippen LogP contribution in [0.5, 0.6) is 11.5 Å². The summed E-state index contributed by atoms with van der Waals surface area (Å²) in [5, 5.41) is 9.22. The van der Waals surface area contributed by atoms with Gasteiger partial charge < -0.3 is 19.5 Å². The Hall–Kier alpha value is -3.36. The van der Waals surface area contributed by atoms with E-state index in [1.807, 2.05) is 11.0 Å². The minimum Gasteiger partial charge on any atom is -0.493 e. The zero-order chi connectivity index (χ0) is 22.7. The number of nitrogens with zero attached hydrogens (tertiary/aromatic N) is 3. The van der Waals surface area contributed by atoms with Gasteiger partial charge in [0.2, 0.25) is 0 Å². The lowest BCUT2D eigenvalue weighted by molar-refractivity contribution is -0.120. The lowest BCUT2D eigenvalue weighted by Gasteiger charge is -2.36. The first-order valence-electron chi connectivity index (χ1n) is 10.6. The number of imide groups is 1. The molecule has 0 aromatic heterocycles. The average Bonchev–Trinajstić information content (AvgIpc) is 3.09. The highest BCUT2D eigenvalue weighted by molar-refractivity contribution is 6.45. The van der Waals surface area contributed by atoms with Crippen LogP contribution in [-0.2, 0) is 9.59 Å². The molecule has 2 aromatic rings. The number of ether oxygens (including phenoxy) is 2. The lowest BCUT2D eigenvalue weighted by atomic mass is 10.0. The van der Waals surface area contributed by atoms with Gasteiger partial charge in [0.1, 0.15) is 5.70 Å². The largest absolute Gasteiger partial charge is 0.493 e.